The van der Waals surface area contributed by atoms with Crippen molar-refractivity contribution in [2.45, 2.75) is 316 Å². The third-order valence-corrected chi connectivity index (χ3v) is 17.3. The first-order valence-electron chi connectivity index (χ1n) is 37.8. The van der Waals surface area contributed by atoms with Gasteiger partial charge in [-0.05, 0) is 141 Å². The minimum absolute atomic E-state index is 0.0705. The Kier molecular flexibility index (Phi) is 67.6. The summed E-state index contributed by atoms with van der Waals surface area (Å²) in [6.07, 6.45) is 76.2. The van der Waals surface area contributed by atoms with Crippen molar-refractivity contribution in [3.8, 4) is 0 Å². The van der Waals surface area contributed by atoms with Gasteiger partial charge in [0, 0.05) is 25.7 Å². The van der Waals surface area contributed by atoms with E-state index >= 15 is 0 Å². The fourth-order valence-corrected chi connectivity index (χ4v) is 11.3. The number of aliphatic hydroxyl groups is 1. The summed E-state index contributed by atoms with van der Waals surface area (Å²) >= 11 is 0. The molecule has 562 valence electrons. The van der Waals surface area contributed by atoms with Crippen LogP contribution in [0, 0.1) is 0 Å². The van der Waals surface area contributed by atoms with Gasteiger partial charge >= 0.3 is 39.5 Å². The van der Waals surface area contributed by atoms with Gasteiger partial charge in [-0.1, -0.05) is 252 Å². The summed E-state index contributed by atoms with van der Waals surface area (Å²) in [4.78, 5) is 72.8. The molecule has 5 atom stereocenters. The number of hydrogen-bond acceptors (Lipinski definition) is 15. The van der Waals surface area contributed by atoms with Gasteiger partial charge in [0.15, 0.2) is 12.2 Å². The van der Waals surface area contributed by atoms with Crippen LogP contribution in [-0.4, -0.2) is 96.7 Å². The van der Waals surface area contributed by atoms with Crippen molar-refractivity contribution >= 4 is 39.5 Å². The molecule has 0 heterocycles. The van der Waals surface area contributed by atoms with Crippen LogP contribution in [-0.2, 0) is 65.4 Å². The average molecular weight is 1420 g/mol. The topological polar surface area (TPSA) is 237 Å². The van der Waals surface area contributed by atoms with Gasteiger partial charge in [0.05, 0.1) is 26.4 Å². The van der Waals surface area contributed by atoms with Crippen molar-refractivity contribution in [3.05, 3.63) is 122 Å². The highest BCUT2D eigenvalue weighted by Gasteiger charge is 2.30. The molecule has 0 rings (SSSR count). The number of phosphoric ester groups is 2. The summed E-state index contributed by atoms with van der Waals surface area (Å²) in [5.41, 5.74) is 0. The van der Waals surface area contributed by atoms with Crippen LogP contribution in [0.15, 0.2) is 122 Å². The van der Waals surface area contributed by atoms with Gasteiger partial charge in [0.2, 0.25) is 0 Å². The van der Waals surface area contributed by atoms with Gasteiger partial charge in [0.25, 0.3) is 0 Å². The van der Waals surface area contributed by atoms with Gasteiger partial charge in [0.1, 0.15) is 19.3 Å². The Labute approximate surface area is 593 Å². The van der Waals surface area contributed by atoms with E-state index in [0.29, 0.717) is 25.7 Å². The normalized spacial score (nSPS) is 14.6. The van der Waals surface area contributed by atoms with Crippen LogP contribution in [0.3, 0.4) is 0 Å². The largest absolute Gasteiger partial charge is 0.472 e. The van der Waals surface area contributed by atoms with Gasteiger partial charge in [-0.2, -0.15) is 0 Å². The SMILES string of the molecule is CC/C=C\C/C=C\C/C=C\CCCCCCCCCC(=O)OCC(COP(=O)(O)OCC(O)COP(=O)(O)OCC(COC(=O)CCCCCCC/C=C\C/C=C\CCC)OC(=O)CCCCCCC/C=C\C/C=C\CCC)OC(=O)CCCCCCC/C=C\C/C=C\C/C=C\CC. The third kappa shape index (κ3) is 69.9. The number of allylic oxidation sites excluding steroid dienone is 20. The molecule has 0 aromatic heterocycles. The second-order valence-corrected chi connectivity index (χ2v) is 27.7. The molecule has 0 radical (unpaired) electrons. The molecule has 5 unspecified atom stereocenters. The zero-order valence-corrected chi connectivity index (χ0v) is 63.0. The molecular weight excluding hydrogens is 1280 g/mol. The van der Waals surface area contributed by atoms with E-state index in [1.54, 1.807) is 0 Å². The molecule has 0 saturated carbocycles. The van der Waals surface area contributed by atoms with Crippen LogP contribution in [0.5, 0.6) is 0 Å². The first-order valence-corrected chi connectivity index (χ1v) is 40.8. The molecular formula is C79H134O17P2. The predicted octanol–water partition coefficient (Wildman–Crippen LogP) is 21.6. The average Bonchev–Trinajstić information content (AvgIpc) is 1.05. The highest BCUT2D eigenvalue weighted by atomic mass is 31.2. The first kappa shape index (κ1) is 93.5. The Morgan fingerprint density at radius 3 is 0.816 bits per heavy atom. The number of esters is 4. The minimum atomic E-state index is -4.98. The van der Waals surface area contributed by atoms with Crippen LogP contribution in [0.2, 0.25) is 0 Å². The summed E-state index contributed by atoms with van der Waals surface area (Å²) in [5.74, 6) is -2.23. The molecule has 0 aliphatic rings. The van der Waals surface area contributed by atoms with Crippen molar-refractivity contribution in [1.29, 1.82) is 0 Å². The van der Waals surface area contributed by atoms with Gasteiger partial charge in [-0.15, -0.1) is 0 Å². The molecule has 0 amide bonds. The Bertz CT molecular complexity index is 2340. The molecule has 0 aromatic rings. The van der Waals surface area contributed by atoms with Crippen molar-refractivity contribution in [2.24, 2.45) is 0 Å². The van der Waals surface area contributed by atoms with E-state index in [0.717, 1.165) is 218 Å². The van der Waals surface area contributed by atoms with Gasteiger partial charge in [-0.25, -0.2) is 9.13 Å². The first-order chi connectivity index (χ1) is 47.7. The second kappa shape index (κ2) is 70.9. The number of aliphatic hydroxyl groups excluding tert-OH is 1. The lowest BCUT2D eigenvalue weighted by Crippen LogP contribution is -2.30. The van der Waals surface area contributed by atoms with Crippen molar-refractivity contribution in [3.63, 3.8) is 0 Å². The highest BCUT2D eigenvalue weighted by molar-refractivity contribution is 7.47. The van der Waals surface area contributed by atoms with E-state index in [4.69, 9.17) is 37.0 Å². The molecule has 0 aliphatic carbocycles. The molecule has 0 aromatic carbocycles. The Hall–Kier alpha value is -4.54. The number of carbonyl (C=O) groups is 4. The minimum Gasteiger partial charge on any atom is -0.462 e. The van der Waals surface area contributed by atoms with E-state index in [1.165, 1.54) is 0 Å². The third-order valence-electron chi connectivity index (χ3n) is 15.4. The standard InChI is InChI=1S/C79H134O17P2/c1-5-9-13-17-21-25-29-33-35-36-38-41-44-48-52-56-60-64-77(82)90-70-75(96-79(84)66-62-58-54-50-46-42-37-34-30-26-22-18-14-10-6-2)72-94-98(87,88)92-68-73(80)67-91-97(85,86)93-71-74(95-78(83)65-61-57-53-49-45-40-32-28-24-20-16-12-8-4)69-89-76(81)63-59-55-51-47-43-39-31-27-23-19-15-11-7-3/h9-10,13-16,19-22,25-28,31-35,37,73-75,80H,5-8,11-12,17-18,23-24,29-30,36,38-72H2,1-4H3,(H,85,86)(H,87,88)/b13-9-,14-10-,19-15-,20-16-,25-21-,26-22-,31-27-,32-28-,35-33-,37-34-. The smallest absolute Gasteiger partial charge is 0.462 e. The molecule has 0 saturated heterocycles. The Morgan fingerprint density at radius 2 is 0.531 bits per heavy atom. The van der Waals surface area contributed by atoms with Gasteiger partial charge < -0.3 is 33.8 Å². The molecule has 3 N–H and O–H groups in total. The zero-order valence-electron chi connectivity index (χ0n) is 61.2. The Morgan fingerprint density at radius 1 is 0.296 bits per heavy atom. The van der Waals surface area contributed by atoms with E-state index in [2.05, 4.69) is 149 Å². The maximum absolute atomic E-state index is 13.1. The summed E-state index contributed by atoms with van der Waals surface area (Å²) < 4.78 is 68.4. The van der Waals surface area contributed by atoms with E-state index < -0.39 is 97.5 Å². The molecule has 98 heavy (non-hydrogen) atoms. The fourth-order valence-electron chi connectivity index (χ4n) is 9.68. The number of unbranched alkanes of at least 4 members (excludes halogenated alkanes) is 24. The highest BCUT2D eigenvalue weighted by Crippen LogP contribution is 2.45. The summed E-state index contributed by atoms with van der Waals surface area (Å²) in [7, 11) is -9.97. The van der Waals surface area contributed by atoms with Crippen LogP contribution < -0.4 is 0 Å². The van der Waals surface area contributed by atoms with E-state index in [1.807, 2.05) is 0 Å². The maximum Gasteiger partial charge on any atom is 0.472 e. The summed E-state index contributed by atoms with van der Waals surface area (Å²) in [6, 6.07) is 0. The van der Waals surface area contributed by atoms with Gasteiger partial charge in [-0.3, -0.25) is 37.3 Å². The number of ether oxygens (including phenoxy) is 4. The van der Waals surface area contributed by atoms with Crippen molar-refractivity contribution < 1.29 is 80.2 Å². The van der Waals surface area contributed by atoms with Crippen molar-refractivity contribution in [1.82, 2.24) is 0 Å². The number of carbonyl (C=O) groups excluding carboxylic acids is 4. The molecule has 0 bridgehead atoms. The molecule has 0 fully saturated rings. The number of hydrogen-bond donors (Lipinski definition) is 3. The zero-order chi connectivity index (χ0) is 71.8. The number of phosphoric acid groups is 2. The lowest BCUT2D eigenvalue weighted by Gasteiger charge is -2.21. The fraction of sp³-hybridized carbons (Fsp3) is 0.696. The summed E-state index contributed by atoms with van der Waals surface area (Å²) in [6.45, 7) is 4.46. The molecule has 0 spiro atoms. The molecule has 17 nitrogen and oxygen atoms in total. The predicted molar refractivity (Wildman–Crippen MR) is 399 cm³/mol. The summed E-state index contributed by atoms with van der Waals surface area (Å²) in [5, 5.41) is 10.6. The monoisotopic (exact) mass is 1420 g/mol. The quantitative estimate of drug-likeness (QED) is 0.0169. The van der Waals surface area contributed by atoms with Crippen LogP contribution in [0.4, 0.5) is 0 Å². The Balaban J connectivity index is 5.38. The van der Waals surface area contributed by atoms with Crippen LogP contribution >= 0.6 is 15.6 Å². The second-order valence-electron chi connectivity index (χ2n) is 24.8. The van der Waals surface area contributed by atoms with E-state index in [9.17, 15) is 43.2 Å². The van der Waals surface area contributed by atoms with Crippen LogP contribution in [0.1, 0.15) is 297 Å². The van der Waals surface area contributed by atoms with Crippen LogP contribution in [0.25, 0.3) is 0 Å². The lowest BCUT2D eigenvalue weighted by molar-refractivity contribution is -0.161. The molecule has 19 heteroatoms. The van der Waals surface area contributed by atoms with E-state index in [-0.39, 0.29) is 25.7 Å². The number of rotatable bonds is 70. The molecule has 0 aliphatic heterocycles. The van der Waals surface area contributed by atoms with Crippen molar-refractivity contribution in [2.75, 3.05) is 39.6 Å². The maximum atomic E-state index is 13.1. The lowest BCUT2D eigenvalue weighted by atomic mass is 10.1.